The van der Waals surface area contributed by atoms with Gasteiger partial charge in [-0.3, -0.25) is 14.3 Å². The maximum Gasteiger partial charge on any atom is 0.310 e. The molecule has 2 heterocycles. The molecule has 0 unspecified atom stereocenters. The van der Waals surface area contributed by atoms with E-state index < -0.39 is 5.97 Å². The van der Waals surface area contributed by atoms with Crippen molar-refractivity contribution in [3.63, 3.8) is 0 Å². The molecular weight excluding hydrogens is 296 g/mol. The van der Waals surface area contributed by atoms with Gasteiger partial charge in [-0.15, -0.1) is 0 Å². The number of hydrogen-bond acceptors (Lipinski definition) is 5. The lowest BCUT2D eigenvalue weighted by molar-refractivity contribution is -0.139. The van der Waals surface area contributed by atoms with Gasteiger partial charge in [0.25, 0.3) is 5.56 Å². The monoisotopic (exact) mass is 318 g/mol. The van der Waals surface area contributed by atoms with Crippen LogP contribution in [0.5, 0.6) is 0 Å². The third kappa shape index (κ3) is 3.80. The van der Waals surface area contributed by atoms with Gasteiger partial charge in [0, 0.05) is 30.1 Å². The Morgan fingerprint density at radius 1 is 1.39 bits per heavy atom. The van der Waals surface area contributed by atoms with E-state index >= 15 is 0 Å². The van der Waals surface area contributed by atoms with Crippen LogP contribution in [0.3, 0.4) is 0 Å². The summed E-state index contributed by atoms with van der Waals surface area (Å²) in [6, 6.07) is 1.80. The number of esters is 1. The van der Waals surface area contributed by atoms with Crippen LogP contribution in [0.4, 0.5) is 0 Å². The summed E-state index contributed by atoms with van der Waals surface area (Å²) in [6.07, 6.45) is 3.59. The highest BCUT2D eigenvalue weighted by atomic mass is 16.5. The van der Waals surface area contributed by atoms with Crippen LogP contribution in [0.2, 0.25) is 0 Å². The third-order valence-corrected chi connectivity index (χ3v) is 3.79. The molecule has 0 spiro atoms. The van der Waals surface area contributed by atoms with E-state index in [1.54, 1.807) is 19.2 Å². The second-order valence-electron chi connectivity index (χ2n) is 5.34. The molecule has 1 N–H and O–H groups in total. The minimum absolute atomic E-state index is 0.0313. The zero-order chi connectivity index (χ0) is 17.0. The lowest BCUT2D eigenvalue weighted by Crippen LogP contribution is -2.32. The lowest BCUT2D eigenvalue weighted by atomic mass is 10.1. The average Bonchev–Trinajstić information content (AvgIpc) is 2.90. The molecule has 7 heteroatoms. The van der Waals surface area contributed by atoms with Crippen molar-refractivity contribution in [2.75, 3.05) is 12.5 Å². The minimum Gasteiger partial charge on any atom is -0.469 e. The Morgan fingerprint density at radius 3 is 2.74 bits per heavy atom. The van der Waals surface area contributed by atoms with Crippen molar-refractivity contribution in [1.82, 2.24) is 14.5 Å². The highest BCUT2D eigenvalue weighted by molar-refractivity contribution is 5.72. The van der Waals surface area contributed by atoms with Crippen LogP contribution in [0.1, 0.15) is 29.3 Å². The van der Waals surface area contributed by atoms with E-state index in [1.165, 1.54) is 11.8 Å². The van der Waals surface area contributed by atoms with Crippen LogP contribution < -0.4 is 11.0 Å². The van der Waals surface area contributed by atoms with Crippen molar-refractivity contribution >= 4 is 5.97 Å². The SMILES string of the molecule is CCn1cc(CNn2ccc(C)c(CC(=O)OC)c2=O)c(C)n1. The van der Waals surface area contributed by atoms with Crippen LogP contribution in [0.25, 0.3) is 0 Å². The van der Waals surface area contributed by atoms with E-state index in [1.807, 2.05) is 24.7 Å². The number of rotatable bonds is 6. The molecule has 0 saturated heterocycles. The van der Waals surface area contributed by atoms with Crippen molar-refractivity contribution in [2.24, 2.45) is 0 Å². The summed E-state index contributed by atoms with van der Waals surface area (Å²) in [5.74, 6) is -0.428. The van der Waals surface area contributed by atoms with E-state index in [9.17, 15) is 9.59 Å². The van der Waals surface area contributed by atoms with E-state index in [-0.39, 0.29) is 12.0 Å². The zero-order valence-electron chi connectivity index (χ0n) is 13.9. The first kappa shape index (κ1) is 16.8. The van der Waals surface area contributed by atoms with Gasteiger partial charge in [-0.05, 0) is 32.4 Å². The van der Waals surface area contributed by atoms with Gasteiger partial charge in [0.15, 0.2) is 0 Å². The van der Waals surface area contributed by atoms with Gasteiger partial charge in [0.05, 0.1) is 25.8 Å². The normalized spacial score (nSPS) is 10.6. The molecule has 7 nitrogen and oxygen atoms in total. The second-order valence-corrected chi connectivity index (χ2v) is 5.34. The topological polar surface area (TPSA) is 78.1 Å². The van der Waals surface area contributed by atoms with Crippen molar-refractivity contribution < 1.29 is 9.53 Å². The Morgan fingerprint density at radius 2 is 2.13 bits per heavy atom. The molecular formula is C16H22N4O3. The third-order valence-electron chi connectivity index (χ3n) is 3.79. The fourth-order valence-corrected chi connectivity index (χ4v) is 2.29. The average molecular weight is 318 g/mol. The Hall–Kier alpha value is -2.57. The zero-order valence-corrected chi connectivity index (χ0v) is 13.9. The molecule has 0 atom stereocenters. The molecule has 0 aromatic carbocycles. The molecule has 0 saturated carbocycles. The molecule has 0 aliphatic heterocycles. The molecule has 2 aromatic heterocycles. The van der Waals surface area contributed by atoms with Crippen LogP contribution in [0, 0.1) is 13.8 Å². The molecule has 23 heavy (non-hydrogen) atoms. The molecule has 0 aliphatic rings. The van der Waals surface area contributed by atoms with Crippen LogP contribution in [0.15, 0.2) is 23.3 Å². The number of carbonyl (C=O) groups is 1. The maximum absolute atomic E-state index is 12.5. The Kier molecular flexibility index (Phi) is 5.20. The van der Waals surface area contributed by atoms with Crippen molar-refractivity contribution in [1.29, 1.82) is 0 Å². The first-order valence-electron chi connectivity index (χ1n) is 7.51. The largest absolute Gasteiger partial charge is 0.469 e. The smallest absolute Gasteiger partial charge is 0.310 e. The summed E-state index contributed by atoms with van der Waals surface area (Å²) >= 11 is 0. The molecule has 0 radical (unpaired) electrons. The van der Waals surface area contributed by atoms with Gasteiger partial charge in [-0.1, -0.05) is 0 Å². The highest BCUT2D eigenvalue weighted by Gasteiger charge is 2.12. The summed E-state index contributed by atoms with van der Waals surface area (Å²) in [5, 5.41) is 4.37. The Bertz CT molecular complexity index is 761. The maximum atomic E-state index is 12.5. The van der Waals surface area contributed by atoms with Crippen molar-refractivity contribution in [3.8, 4) is 0 Å². The predicted octanol–water partition coefficient (Wildman–Crippen LogP) is 1.14. The van der Waals surface area contributed by atoms with Gasteiger partial charge in [0.1, 0.15) is 0 Å². The minimum atomic E-state index is -0.428. The lowest BCUT2D eigenvalue weighted by Gasteiger charge is -2.12. The second kappa shape index (κ2) is 7.13. The number of nitrogens with zero attached hydrogens (tertiary/aromatic N) is 3. The van der Waals surface area contributed by atoms with Gasteiger partial charge in [-0.25, -0.2) is 4.68 Å². The Balaban J connectivity index is 2.20. The fraction of sp³-hybridized carbons (Fsp3) is 0.438. The molecule has 0 bridgehead atoms. The van der Waals surface area contributed by atoms with Gasteiger partial charge >= 0.3 is 5.97 Å². The quantitative estimate of drug-likeness (QED) is 0.808. The van der Waals surface area contributed by atoms with Crippen LogP contribution in [-0.4, -0.2) is 27.5 Å². The van der Waals surface area contributed by atoms with Gasteiger partial charge < -0.3 is 10.2 Å². The number of aromatic nitrogens is 3. The molecule has 0 aliphatic carbocycles. The fourth-order valence-electron chi connectivity index (χ4n) is 2.29. The molecule has 2 rings (SSSR count). The number of hydrogen-bond donors (Lipinski definition) is 1. The summed E-state index contributed by atoms with van der Waals surface area (Å²) in [5.41, 5.74) is 5.98. The van der Waals surface area contributed by atoms with Gasteiger partial charge in [0.2, 0.25) is 0 Å². The molecule has 124 valence electrons. The summed E-state index contributed by atoms with van der Waals surface area (Å²) in [4.78, 5) is 23.9. The summed E-state index contributed by atoms with van der Waals surface area (Å²) in [6.45, 7) is 7.04. The first-order valence-corrected chi connectivity index (χ1v) is 7.51. The first-order chi connectivity index (χ1) is 11.0. The molecule has 0 amide bonds. The molecule has 0 fully saturated rings. The number of ether oxygens (including phenoxy) is 1. The van der Waals surface area contributed by atoms with Crippen molar-refractivity contribution in [2.45, 2.75) is 40.3 Å². The number of nitrogens with one attached hydrogen (secondary N) is 1. The number of carbonyl (C=O) groups excluding carboxylic acids is 1. The highest BCUT2D eigenvalue weighted by Crippen LogP contribution is 2.07. The number of aryl methyl sites for hydroxylation is 3. The van der Waals surface area contributed by atoms with Gasteiger partial charge in [-0.2, -0.15) is 5.10 Å². The van der Waals surface area contributed by atoms with E-state index in [4.69, 9.17) is 0 Å². The van der Waals surface area contributed by atoms with Crippen molar-refractivity contribution in [3.05, 3.63) is 51.2 Å². The number of pyridine rings is 1. The van der Waals surface area contributed by atoms with E-state index in [2.05, 4.69) is 15.3 Å². The number of methoxy groups -OCH3 is 1. The predicted molar refractivity (Wildman–Crippen MR) is 86.9 cm³/mol. The Labute approximate surface area is 134 Å². The summed E-state index contributed by atoms with van der Waals surface area (Å²) < 4.78 is 7.90. The summed E-state index contributed by atoms with van der Waals surface area (Å²) in [7, 11) is 1.31. The van der Waals surface area contributed by atoms with Crippen LogP contribution >= 0.6 is 0 Å². The van der Waals surface area contributed by atoms with E-state index in [0.717, 1.165) is 23.4 Å². The van der Waals surface area contributed by atoms with E-state index in [0.29, 0.717) is 12.1 Å². The standard InChI is InChI=1S/C16H22N4O3/c1-5-19-10-13(12(3)18-19)9-17-20-7-6-11(2)14(16(20)22)8-15(21)23-4/h6-7,10,17H,5,8-9H2,1-4H3. The molecule has 2 aromatic rings. The van der Waals surface area contributed by atoms with Crippen LogP contribution in [-0.2, 0) is 29.0 Å².